The Labute approximate surface area is 76.0 Å². The van der Waals surface area contributed by atoms with Gasteiger partial charge in [-0.2, -0.15) is 0 Å². The van der Waals surface area contributed by atoms with E-state index in [-0.39, 0.29) is 0 Å². The Morgan fingerprint density at radius 1 is 1.58 bits per heavy atom. The lowest BCUT2D eigenvalue weighted by Crippen LogP contribution is -2.38. The minimum Gasteiger partial charge on any atom is -0.434 e. The molecule has 0 bridgehead atoms. The van der Waals surface area contributed by atoms with Crippen molar-refractivity contribution in [1.82, 2.24) is 0 Å². The van der Waals surface area contributed by atoms with Crippen molar-refractivity contribution in [3.63, 3.8) is 0 Å². The monoisotopic (exact) mass is 188 g/mol. The average molecular weight is 189 g/mol. The van der Waals surface area contributed by atoms with Crippen LogP contribution in [0.4, 0.5) is 4.79 Å². The Morgan fingerprint density at radius 2 is 2.17 bits per heavy atom. The molecule has 3 nitrogen and oxygen atoms in total. The number of hydrogen-bond acceptors (Lipinski definition) is 3. The molecule has 0 spiro atoms. The van der Waals surface area contributed by atoms with Crippen LogP contribution >= 0.6 is 11.6 Å². The van der Waals surface area contributed by atoms with Crippen LogP contribution in [0.1, 0.15) is 12.8 Å². The zero-order chi connectivity index (χ0) is 9.03. The second-order valence-corrected chi connectivity index (χ2v) is 2.90. The minimum absolute atomic E-state index is 0.508. The van der Waals surface area contributed by atoms with E-state index in [1.165, 1.54) is 0 Å². The summed E-state index contributed by atoms with van der Waals surface area (Å²) in [5.74, 6) is 2.44. The Kier molecular flexibility index (Phi) is 2.96. The van der Waals surface area contributed by atoms with Crippen molar-refractivity contribution in [2.45, 2.75) is 18.4 Å². The van der Waals surface area contributed by atoms with Crippen molar-refractivity contribution in [2.75, 3.05) is 13.2 Å². The quantitative estimate of drug-likeness (QED) is 0.463. The predicted molar refractivity (Wildman–Crippen MR) is 44.0 cm³/mol. The summed E-state index contributed by atoms with van der Waals surface area (Å²) >= 11 is 5.08. The molecule has 1 aliphatic rings. The molecule has 0 aromatic rings. The molecule has 0 saturated carbocycles. The maximum atomic E-state index is 10.5. The summed E-state index contributed by atoms with van der Waals surface area (Å²) in [5, 5.41) is 0. The molecule has 1 fully saturated rings. The Bertz CT molecular complexity index is 213. The van der Waals surface area contributed by atoms with Gasteiger partial charge in [-0.15, -0.1) is 6.42 Å². The van der Waals surface area contributed by atoms with Crippen molar-refractivity contribution in [3.8, 4) is 12.3 Å². The molecule has 1 rings (SSSR count). The highest BCUT2D eigenvalue weighted by Crippen LogP contribution is 2.25. The SMILES string of the molecule is C#CC1(OC(=O)Cl)CCOCC1. The fourth-order valence-electron chi connectivity index (χ4n) is 1.13. The van der Waals surface area contributed by atoms with Gasteiger partial charge in [0, 0.05) is 24.4 Å². The zero-order valence-electron chi connectivity index (χ0n) is 6.51. The smallest absolute Gasteiger partial charge is 0.405 e. The third-order valence-corrected chi connectivity index (χ3v) is 1.92. The first-order chi connectivity index (χ1) is 5.68. The van der Waals surface area contributed by atoms with Gasteiger partial charge < -0.3 is 9.47 Å². The van der Waals surface area contributed by atoms with Crippen molar-refractivity contribution in [3.05, 3.63) is 0 Å². The van der Waals surface area contributed by atoms with E-state index in [1.54, 1.807) is 0 Å². The summed E-state index contributed by atoms with van der Waals surface area (Å²) in [6.07, 6.45) is 6.28. The Morgan fingerprint density at radius 3 is 2.58 bits per heavy atom. The molecular weight excluding hydrogens is 180 g/mol. The number of rotatable bonds is 1. The van der Waals surface area contributed by atoms with Crippen LogP contribution in [0.5, 0.6) is 0 Å². The van der Waals surface area contributed by atoms with Gasteiger partial charge >= 0.3 is 5.43 Å². The summed E-state index contributed by atoms with van der Waals surface area (Å²) < 4.78 is 9.92. The van der Waals surface area contributed by atoms with E-state index in [1.807, 2.05) is 0 Å². The molecule has 12 heavy (non-hydrogen) atoms. The largest absolute Gasteiger partial charge is 0.434 e. The van der Waals surface area contributed by atoms with Gasteiger partial charge in [0.2, 0.25) is 0 Å². The highest BCUT2D eigenvalue weighted by atomic mass is 35.5. The van der Waals surface area contributed by atoms with Crippen LogP contribution in [-0.4, -0.2) is 24.2 Å². The van der Waals surface area contributed by atoms with Crippen molar-refractivity contribution < 1.29 is 14.3 Å². The molecule has 1 aliphatic heterocycles. The Hall–Kier alpha value is -0.720. The van der Waals surface area contributed by atoms with Gasteiger partial charge in [-0.1, -0.05) is 5.92 Å². The maximum absolute atomic E-state index is 10.5. The molecule has 0 amide bonds. The molecule has 0 aromatic heterocycles. The molecule has 1 saturated heterocycles. The third-order valence-electron chi connectivity index (χ3n) is 1.84. The summed E-state index contributed by atoms with van der Waals surface area (Å²) in [6, 6.07) is 0. The van der Waals surface area contributed by atoms with Gasteiger partial charge in [-0.05, 0) is 0 Å². The molecule has 1 heterocycles. The van der Waals surface area contributed by atoms with Gasteiger partial charge in [-0.25, -0.2) is 4.79 Å². The van der Waals surface area contributed by atoms with Crippen LogP contribution in [0.25, 0.3) is 0 Å². The number of halogens is 1. The lowest BCUT2D eigenvalue weighted by Gasteiger charge is -2.30. The van der Waals surface area contributed by atoms with Gasteiger partial charge in [-0.3, -0.25) is 0 Å². The molecule has 0 N–H and O–H groups in total. The molecular formula is C8H9ClO3. The first-order valence-electron chi connectivity index (χ1n) is 3.62. The minimum atomic E-state index is -0.852. The highest BCUT2D eigenvalue weighted by molar-refractivity contribution is 6.61. The number of carbonyl (C=O) groups is 1. The van der Waals surface area contributed by atoms with Crippen LogP contribution in [0, 0.1) is 12.3 Å². The lowest BCUT2D eigenvalue weighted by atomic mass is 9.95. The van der Waals surface area contributed by atoms with Gasteiger partial charge in [0.05, 0.1) is 13.2 Å². The third kappa shape index (κ3) is 2.13. The summed E-state index contributed by atoms with van der Waals surface area (Å²) in [6.45, 7) is 1.02. The van der Waals surface area contributed by atoms with Crippen LogP contribution in [0.15, 0.2) is 0 Å². The topological polar surface area (TPSA) is 35.5 Å². The van der Waals surface area contributed by atoms with E-state index in [2.05, 4.69) is 5.92 Å². The number of hydrogen-bond donors (Lipinski definition) is 0. The molecule has 4 heteroatoms. The molecule has 0 aliphatic carbocycles. The van der Waals surface area contributed by atoms with Crippen molar-refractivity contribution in [2.24, 2.45) is 0 Å². The van der Waals surface area contributed by atoms with Crippen LogP contribution in [0.2, 0.25) is 0 Å². The first kappa shape index (κ1) is 9.37. The average Bonchev–Trinajstić information content (AvgIpc) is 2.05. The highest BCUT2D eigenvalue weighted by Gasteiger charge is 2.34. The fourth-order valence-corrected chi connectivity index (χ4v) is 1.28. The first-order valence-corrected chi connectivity index (χ1v) is 4.00. The summed E-state index contributed by atoms with van der Waals surface area (Å²) in [5.41, 5.74) is -1.69. The second-order valence-electron chi connectivity index (χ2n) is 2.59. The van der Waals surface area contributed by atoms with Gasteiger partial charge in [0.15, 0.2) is 5.60 Å². The summed E-state index contributed by atoms with van der Waals surface area (Å²) in [4.78, 5) is 10.5. The van der Waals surface area contributed by atoms with E-state index in [0.717, 1.165) is 0 Å². The van der Waals surface area contributed by atoms with E-state index < -0.39 is 11.0 Å². The van der Waals surface area contributed by atoms with Crippen LogP contribution in [0.3, 0.4) is 0 Å². The van der Waals surface area contributed by atoms with E-state index >= 15 is 0 Å². The number of ether oxygens (including phenoxy) is 2. The van der Waals surface area contributed by atoms with Crippen LogP contribution in [-0.2, 0) is 9.47 Å². The zero-order valence-corrected chi connectivity index (χ0v) is 7.26. The van der Waals surface area contributed by atoms with Gasteiger partial charge in [0.1, 0.15) is 0 Å². The second kappa shape index (κ2) is 3.79. The lowest BCUT2D eigenvalue weighted by molar-refractivity contribution is -0.0286. The van der Waals surface area contributed by atoms with E-state index in [4.69, 9.17) is 27.5 Å². The molecule has 0 radical (unpaired) electrons. The molecule has 0 atom stereocenters. The number of terminal acetylenes is 1. The number of carbonyl (C=O) groups excluding carboxylic acids is 1. The van der Waals surface area contributed by atoms with E-state index in [9.17, 15) is 4.79 Å². The maximum Gasteiger partial charge on any atom is 0.405 e. The normalized spacial score (nSPS) is 21.0. The standard InChI is InChI=1S/C8H9ClO3/c1-2-8(12-7(9)10)3-5-11-6-4-8/h1H,3-6H2. The summed E-state index contributed by atoms with van der Waals surface area (Å²) in [7, 11) is 0. The Balaban J connectivity index is 2.61. The fraction of sp³-hybridized carbons (Fsp3) is 0.625. The predicted octanol–water partition coefficient (Wildman–Crippen LogP) is 1.54. The molecule has 66 valence electrons. The van der Waals surface area contributed by atoms with Crippen molar-refractivity contribution in [1.29, 1.82) is 0 Å². The van der Waals surface area contributed by atoms with Crippen molar-refractivity contribution >= 4 is 17.0 Å². The van der Waals surface area contributed by atoms with Gasteiger partial charge in [0.25, 0.3) is 0 Å². The van der Waals surface area contributed by atoms with E-state index in [0.29, 0.717) is 26.1 Å². The molecule has 0 unspecified atom stereocenters. The van der Waals surface area contributed by atoms with Crippen LogP contribution < -0.4 is 0 Å². The molecule has 0 aromatic carbocycles.